The van der Waals surface area contributed by atoms with Crippen LogP contribution in [0.5, 0.6) is 0 Å². The van der Waals surface area contributed by atoms with Crippen molar-refractivity contribution in [3.05, 3.63) is 106 Å². The lowest BCUT2D eigenvalue weighted by molar-refractivity contribution is 0.0933. The minimum atomic E-state index is -0.388. The molecule has 0 radical (unpaired) electrons. The number of rotatable bonds is 5. The summed E-state index contributed by atoms with van der Waals surface area (Å²) in [5, 5.41) is 9.62. The molecule has 0 aliphatic rings. The van der Waals surface area contributed by atoms with E-state index in [1.807, 2.05) is 63.2 Å². The quantitative estimate of drug-likeness (QED) is 0.353. The lowest BCUT2D eigenvalue weighted by Crippen LogP contribution is -2.28. The predicted octanol–water partition coefficient (Wildman–Crippen LogP) is 5.60. The molecule has 2 aromatic heterocycles. The molecule has 0 aliphatic carbocycles. The molecule has 5 aromatic rings. The zero-order valence-electron chi connectivity index (χ0n) is 19.7. The van der Waals surface area contributed by atoms with Crippen LogP contribution >= 0.6 is 0 Å². The van der Waals surface area contributed by atoms with Crippen molar-refractivity contribution >= 4 is 22.2 Å². The van der Waals surface area contributed by atoms with Gasteiger partial charge in [-0.05, 0) is 47.4 Å². The van der Waals surface area contributed by atoms with Crippen LogP contribution in [-0.2, 0) is 0 Å². The zero-order valence-corrected chi connectivity index (χ0v) is 19.7. The van der Waals surface area contributed by atoms with Gasteiger partial charge in [-0.1, -0.05) is 62.4 Å². The van der Waals surface area contributed by atoms with Crippen LogP contribution in [0.25, 0.3) is 27.5 Å². The molecule has 3 aromatic carbocycles. The molecule has 0 unspecified atom stereocenters. The van der Waals surface area contributed by atoms with Crippen molar-refractivity contribution in [2.24, 2.45) is 0 Å². The highest BCUT2D eigenvalue weighted by Crippen LogP contribution is 2.26. The number of fused-ring (bicyclic) bond motifs is 2. The van der Waals surface area contributed by atoms with E-state index in [9.17, 15) is 14.0 Å². The number of carbonyl (C=O) groups excluding carboxylic acids is 1. The number of amides is 1. The topological polar surface area (TPSA) is 79.3 Å². The van der Waals surface area contributed by atoms with E-state index in [4.69, 9.17) is 0 Å². The maximum Gasteiger partial charge on any atom is 0.274 e. The fourth-order valence-corrected chi connectivity index (χ4v) is 4.42. The third-order valence-corrected chi connectivity index (χ3v) is 6.23. The number of hydrogen-bond donors (Lipinski definition) is 2. The summed E-state index contributed by atoms with van der Waals surface area (Å²) >= 11 is 0. The number of nitrogens with zero attached hydrogens (tertiary/aromatic N) is 2. The molecule has 7 heteroatoms. The second kappa shape index (κ2) is 8.83. The van der Waals surface area contributed by atoms with Gasteiger partial charge in [0.1, 0.15) is 11.3 Å². The summed E-state index contributed by atoms with van der Waals surface area (Å²) < 4.78 is 14.8. The van der Waals surface area contributed by atoms with Crippen LogP contribution < -0.4 is 10.9 Å². The molecule has 0 saturated heterocycles. The highest BCUT2D eigenvalue weighted by atomic mass is 19.1. The number of hydrogen-bond acceptors (Lipinski definition) is 3. The molecular weight excluding hydrogens is 443 g/mol. The van der Waals surface area contributed by atoms with Gasteiger partial charge in [0.25, 0.3) is 11.5 Å². The zero-order chi connectivity index (χ0) is 24.7. The average Bonchev–Trinajstić information content (AvgIpc) is 3.25. The molecule has 5 rings (SSSR count). The Labute approximate surface area is 201 Å². The Morgan fingerprint density at radius 1 is 1.00 bits per heavy atom. The van der Waals surface area contributed by atoms with Crippen molar-refractivity contribution in [1.29, 1.82) is 0 Å². The summed E-state index contributed by atoms with van der Waals surface area (Å²) in [6, 6.07) is 19.6. The lowest BCUT2D eigenvalue weighted by Gasteiger charge is -2.14. The van der Waals surface area contributed by atoms with Gasteiger partial charge in [-0.25, -0.2) is 8.91 Å². The highest BCUT2D eigenvalue weighted by Gasteiger charge is 2.25. The van der Waals surface area contributed by atoms with E-state index in [1.54, 1.807) is 18.3 Å². The smallest absolute Gasteiger partial charge is 0.274 e. The summed E-state index contributed by atoms with van der Waals surface area (Å²) in [4.78, 5) is 29.4. The number of H-pyrrole nitrogens is 1. The molecule has 0 spiro atoms. The molecule has 6 nitrogen and oxygen atoms in total. The van der Waals surface area contributed by atoms with Gasteiger partial charge in [0.2, 0.25) is 0 Å². The fourth-order valence-electron chi connectivity index (χ4n) is 4.42. The Hall–Kier alpha value is -4.26. The van der Waals surface area contributed by atoms with E-state index >= 15 is 0 Å². The molecule has 0 bridgehead atoms. The normalized spacial score (nSPS) is 12.4. The Kier molecular flexibility index (Phi) is 5.68. The van der Waals surface area contributed by atoms with Crippen LogP contribution in [0.2, 0.25) is 0 Å². The Bertz CT molecular complexity index is 1620. The summed E-state index contributed by atoms with van der Waals surface area (Å²) in [6.45, 7) is 5.67. The monoisotopic (exact) mass is 468 g/mol. The van der Waals surface area contributed by atoms with Crippen molar-refractivity contribution < 1.29 is 9.18 Å². The maximum absolute atomic E-state index is 13.3. The second-order valence-electron chi connectivity index (χ2n) is 9.02. The summed E-state index contributed by atoms with van der Waals surface area (Å²) in [7, 11) is 0. The van der Waals surface area contributed by atoms with Crippen molar-refractivity contribution in [3.63, 3.8) is 0 Å². The Balaban J connectivity index is 1.56. The molecule has 1 atom stereocenters. The number of nitrogens with one attached hydrogen (secondary N) is 2. The molecule has 2 heterocycles. The van der Waals surface area contributed by atoms with E-state index in [2.05, 4.69) is 15.4 Å². The molecule has 35 heavy (non-hydrogen) atoms. The van der Waals surface area contributed by atoms with Crippen molar-refractivity contribution in [2.45, 2.75) is 32.7 Å². The van der Waals surface area contributed by atoms with Gasteiger partial charge in [0, 0.05) is 11.1 Å². The minimum absolute atomic E-state index is 0.109. The van der Waals surface area contributed by atoms with Crippen molar-refractivity contribution in [2.75, 3.05) is 0 Å². The Morgan fingerprint density at radius 3 is 2.43 bits per heavy atom. The molecule has 0 aliphatic heterocycles. The van der Waals surface area contributed by atoms with E-state index in [0.717, 1.165) is 21.9 Å². The maximum atomic E-state index is 13.3. The van der Waals surface area contributed by atoms with E-state index in [0.29, 0.717) is 16.8 Å². The van der Waals surface area contributed by atoms with Gasteiger partial charge < -0.3 is 10.3 Å². The minimum Gasteiger partial charge on any atom is -0.344 e. The van der Waals surface area contributed by atoms with E-state index in [-0.39, 0.29) is 34.9 Å². The van der Waals surface area contributed by atoms with Gasteiger partial charge in [0.15, 0.2) is 5.69 Å². The third-order valence-electron chi connectivity index (χ3n) is 6.23. The highest BCUT2D eigenvalue weighted by molar-refractivity contribution is 5.96. The predicted molar refractivity (Wildman–Crippen MR) is 135 cm³/mol. The van der Waals surface area contributed by atoms with E-state index < -0.39 is 0 Å². The number of benzene rings is 3. The first kappa shape index (κ1) is 22.5. The number of aromatic nitrogens is 3. The van der Waals surface area contributed by atoms with E-state index in [1.165, 1.54) is 16.6 Å². The first-order valence-corrected chi connectivity index (χ1v) is 11.5. The van der Waals surface area contributed by atoms with Gasteiger partial charge in [-0.15, -0.1) is 0 Å². The van der Waals surface area contributed by atoms with Gasteiger partial charge in [-0.2, -0.15) is 5.10 Å². The first-order chi connectivity index (χ1) is 16.8. The summed E-state index contributed by atoms with van der Waals surface area (Å²) in [5.41, 5.74) is 3.06. The van der Waals surface area contributed by atoms with Gasteiger partial charge in [0.05, 0.1) is 17.9 Å². The SMILES string of the molecule is CC(C)c1c(C(=O)N[C@@H](C)c2ccc(F)cc2)nn2cc(-c3ccc4ccccc4c3)[nH]c(=O)c12. The number of aromatic amines is 1. The van der Waals surface area contributed by atoms with Crippen LogP contribution in [0.3, 0.4) is 0 Å². The Morgan fingerprint density at radius 2 is 1.71 bits per heavy atom. The average molecular weight is 469 g/mol. The molecule has 0 saturated carbocycles. The lowest BCUT2D eigenvalue weighted by atomic mass is 10.0. The molecule has 1 amide bonds. The van der Waals surface area contributed by atoms with Crippen LogP contribution in [0, 0.1) is 5.82 Å². The second-order valence-corrected chi connectivity index (χ2v) is 9.02. The van der Waals surface area contributed by atoms with Crippen LogP contribution in [0.15, 0.2) is 77.7 Å². The van der Waals surface area contributed by atoms with Crippen molar-refractivity contribution in [1.82, 2.24) is 19.9 Å². The summed E-state index contributed by atoms with van der Waals surface area (Å²) in [5.74, 6) is -0.834. The number of halogens is 1. The largest absolute Gasteiger partial charge is 0.344 e. The van der Waals surface area contributed by atoms with Crippen LogP contribution in [-0.4, -0.2) is 20.5 Å². The van der Waals surface area contributed by atoms with Crippen molar-refractivity contribution in [3.8, 4) is 11.3 Å². The number of carbonyl (C=O) groups is 1. The van der Waals surface area contributed by atoms with Crippen LogP contribution in [0.1, 0.15) is 54.3 Å². The molecular formula is C28H25FN4O2. The van der Waals surface area contributed by atoms with Gasteiger partial charge in [-0.3, -0.25) is 9.59 Å². The van der Waals surface area contributed by atoms with Gasteiger partial charge >= 0.3 is 0 Å². The third kappa shape index (κ3) is 4.21. The molecule has 2 N–H and O–H groups in total. The molecule has 176 valence electrons. The molecule has 0 fully saturated rings. The summed E-state index contributed by atoms with van der Waals surface area (Å²) in [6.07, 6.45) is 1.74. The fraction of sp³-hybridized carbons (Fsp3) is 0.179. The standard InChI is InChI=1S/C28H25FN4O2/c1-16(2)24-25(27(34)30-17(3)18-10-12-22(29)13-11-18)32-33-15-23(31-28(35)26(24)33)21-9-8-19-6-4-5-7-20(19)14-21/h4-17H,1-3H3,(H,30,34)(H,31,35)/t17-/m0/s1. The first-order valence-electron chi connectivity index (χ1n) is 11.5. The van der Waals surface area contributed by atoms with Crippen LogP contribution in [0.4, 0.5) is 4.39 Å².